The van der Waals surface area contributed by atoms with Crippen molar-refractivity contribution in [1.82, 2.24) is 9.55 Å². The lowest BCUT2D eigenvalue weighted by atomic mass is 10.1. The SMILES string of the molecule is CCCc1nccn1C1CCc2ccccc2NC1. The van der Waals surface area contributed by atoms with Gasteiger partial charge in [-0.3, -0.25) is 0 Å². The van der Waals surface area contributed by atoms with Gasteiger partial charge in [0.15, 0.2) is 0 Å². The van der Waals surface area contributed by atoms with Gasteiger partial charge in [-0.25, -0.2) is 4.98 Å². The highest BCUT2D eigenvalue weighted by molar-refractivity contribution is 5.52. The molecule has 1 aliphatic rings. The van der Waals surface area contributed by atoms with Crippen molar-refractivity contribution in [2.24, 2.45) is 0 Å². The van der Waals surface area contributed by atoms with Gasteiger partial charge in [0, 0.05) is 31.0 Å². The quantitative estimate of drug-likeness (QED) is 0.910. The Labute approximate surface area is 114 Å². The van der Waals surface area contributed by atoms with Crippen LogP contribution in [-0.4, -0.2) is 16.1 Å². The molecule has 3 nitrogen and oxygen atoms in total. The first-order valence-electron chi connectivity index (χ1n) is 7.22. The fraction of sp³-hybridized carbons (Fsp3) is 0.438. The molecule has 1 atom stereocenters. The number of benzene rings is 1. The third-order valence-electron chi connectivity index (χ3n) is 3.91. The van der Waals surface area contributed by atoms with Crippen LogP contribution in [-0.2, 0) is 12.8 Å². The molecule has 1 aromatic carbocycles. The first kappa shape index (κ1) is 12.3. The van der Waals surface area contributed by atoms with E-state index in [1.54, 1.807) is 0 Å². The summed E-state index contributed by atoms with van der Waals surface area (Å²) in [5.41, 5.74) is 2.73. The van der Waals surface area contributed by atoms with Crippen molar-refractivity contribution in [1.29, 1.82) is 0 Å². The van der Waals surface area contributed by atoms with Crippen LogP contribution in [0.25, 0.3) is 0 Å². The molecule has 0 aliphatic carbocycles. The van der Waals surface area contributed by atoms with E-state index in [4.69, 9.17) is 0 Å². The van der Waals surface area contributed by atoms with Crippen molar-refractivity contribution in [2.75, 3.05) is 11.9 Å². The minimum absolute atomic E-state index is 0.511. The summed E-state index contributed by atoms with van der Waals surface area (Å²) in [7, 11) is 0. The highest BCUT2D eigenvalue weighted by atomic mass is 15.1. The highest BCUT2D eigenvalue weighted by Crippen LogP contribution is 2.26. The number of fused-ring (bicyclic) bond motifs is 1. The van der Waals surface area contributed by atoms with Crippen molar-refractivity contribution >= 4 is 5.69 Å². The van der Waals surface area contributed by atoms with Crippen LogP contribution >= 0.6 is 0 Å². The third kappa shape index (κ3) is 2.50. The molecular weight excluding hydrogens is 234 g/mol. The molecular formula is C16H21N3. The molecule has 100 valence electrons. The monoisotopic (exact) mass is 255 g/mol. The summed E-state index contributed by atoms with van der Waals surface area (Å²) in [6.45, 7) is 3.20. The normalized spacial score (nSPS) is 18.5. The number of hydrogen-bond donors (Lipinski definition) is 1. The lowest BCUT2D eigenvalue weighted by Crippen LogP contribution is -2.19. The van der Waals surface area contributed by atoms with Gasteiger partial charge in [-0.2, -0.15) is 0 Å². The van der Waals surface area contributed by atoms with Gasteiger partial charge in [0.1, 0.15) is 5.82 Å². The summed E-state index contributed by atoms with van der Waals surface area (Å²) in [4.78, 5) is 4.50. The van der Waals surface area contributed by atoms with Crippen LogP contribution in [0, 0.1) is 0 Å². The van der Waals surface area contributed by atoms with Gasteiger partial charge in [-0.1, -0.05) is 25.1 Å². The number of aryl methyl sites for hydroxylation is 2. The number of anilines is 1. The molecule has 0 spiro atoms. The first-order chi connectivity index (χ1) is 9.38. The molecule has 1 unspecified atom stereocenters. The number of imidazole rings is 1. The summed E-state index contributed by atoms with van der Waals surface area (Å²) in [6, 6.07) is 9.15. The molecule has 0 fully saturated rings. The predicted octanol–water partition coefficient (Wildman–Crippen LogP) is 3.44. The van der Waals surface area contributed by atoms with Gasteiger partial charge in [0.25, 0.3) is 0 Å². The summed E-state index contributed by atoms with van der Waals surface area (Å²) < 4.78 is 2.36. The van der Waals surface area contributed by atoms with E-state index >= 15 is 0 Å². The van der Waals surface area contributed by atoms with Crippen LogP contribution in [0.2, 0.25) is 0 Å². The second kappa shape index (κ2) is 5.47. The number of aromatic nitrogens is 2. The van der Waals surface area contributed by atoms with Crippen molar-refractivity contribution < 1.29 is 0 Å². The Balaban J connectivity index is 1.80. The zero-order chi connectivity index (χ0) is 13.1. The zero-order valence-electron chi connectivity index (χ0n) is 11.5. The average Bonchev–Trinajstić information content (AvgIpc) is 2.78. The zero-order valence-corrected chi connectivity index (χ0v) is 11.5. The topological polar surface area (TPSA) is 29.9 Å². The molecule has 3 rings (SSSR count). The largest absolute Gasteiger partial charge is 0.383 e. The molecule has 2 heterocycles. The molecule has 1 N–H and O–H groups in total. The second-order valence-electron chi connectivity index (χ2n) is 5.23. The maximum absolute atomic E-state index is 4.50. The maximum Gasteiger partial charge on any atom is 0.108 e. The number of nitrogens with one attached hydrogen (secondary N) is 1. The lowest BCUT2D eigenvalue weighted by molar-refractivity contribution is 0.475. The Bertz CT molecular complexity index is 517. The van der Waals surface area contributed by atoms with Crippen LogP contribution in [0.15, 0.2) is 36.7 Å². The third-order valence-corrected chi connectivity index (χ3v) is 3.91. The fourth-order valence-electron chi connectivity index (χ4n) is 2.89. The van der Waals surface area contributed by atoms with E-state index < -0.39 is 0 Å². The van der Waals surface area contributed by atoms with Gasteiger partial charge in [0.05, 0.1) is 6.04 Å². The summed E-state index contributed by atoms with van der Waals surface area (Å²) in [6.07, 6.45) is 8.60. The van der Waals surface area contributed by atoms with Crippen LogP contribution in [0.3, 0.4) is 0 Å². The Hall–Kier alpha value is -1.77. The molecule has 19 heavy (non-hydrogen) atoms. The van der Waals surface area contributed by atoms with Gasteiger partial charge in [0.2, 0.25) is 0 Å². The molecule has 2 aromatic rings. The van der Waals surface area contributed by atoms with E-state index in [2.05, 4.69) is 52.3 Å². The van der Waals surface area contributed by atoms with E-state index in [1.807, 2.05) is 6.20 Å². The molecule has 0 saturated heterocycles. The van der Waals surface area contributed by atoms with Crippen LogP contribution in [0.1, 0.15) is 37.2 Å². The number of hydrogen-bond acceptors (Lipinski definition) is 2. The molecule has 0 radical (unpaired) electrons. The predicted molar refractivity (Wildman–Crippen MR) is 78.5 cm³/mol. The molecule has 0 amide bonds. The summed E-state index contributed by atoms with van der Waals surface area (Å²) in [5.74, 6) is 1.22. The van der Waals surface area contributed by atoms with E-state index in [0.717, 1.165) is 25.8 Å². The number of nitrogens with zero attached hydrogens (tertiary/aromatic N) is 2. The Morgan fingerprint density at radius 2 is 2.26 bits per heavy atom. The minimum Gasteiger partial charge on any atom is -0.383 e. The van der Waals surface area contributed by atoms with Gasteiger partial charge >= 0.3 is 0 Å². The number of rotatable bonds is 3. The lowest BCUT2D eigenvalue weighted by Gasteiger charge is -2.19. The summed E-state index contributed by atoms with van der Waals surface area (Å²) >= 11 is 0. The maximum atomic E-state index is 4.50. The van der Waals surface area contributed by atoms with E-state index in [1.165, 1.54) is 23.5 Å². The fourth-order valence-corrected chi connectivity index (χ4v) is 2.89. The smallest absolute Gasteiger partial charge is 0.108 e. The van der Waals surface area contributed by atoms with Gasteiger partial charge in [-0.15, -0.1) is 0 Å². The van der Waals surface area contributed by atoms with Crippen LogP contribution in [0.4, 0.5) is 5.69 Å². The van der Waals surface area contributed by atoms with E-state index in [0.29, 0.717) is 6.04 Å². The Morgan fingerprint density at radius 3 is 3.16 bits per heavy atom. The van der Waals surface area contributed by atoms with Gasteiger partial charge < -0.3 is 9.88 Å². The number of para-hydroxylation sites is 1. The average molecular weight is 255 g/mol. The minimum atomic E-state index is 0.511. The Morgan fingerprint density at radius 1 is 1.37 bits per heavy atom. The van der Waals surface area contributed by atoms with Crippen LogP contribution in [0.5, 0.6) is 0 Å². The molecule has 1 aromatic heterocycles. The molecule has 3 heteroatoms. The Kier molecular flexibility index (Phi) is 3.53. The molecule has 1 aliphatic heterocycles. The van der Waals surface area contributed by atoms with Crippen molar-refractivity contribution in [3.05, 3.63) is 48.0 Å². The molecule has 0 saturated carbocycles. The van der Waals surface area contributed by atoms with Crippen molar-refractivity contribution in [3.63, 3.8) is 0 Å². The van der Waals surface area contributed by atoms with Crippen LogP contribution < -0.4 is 5.32 Å². The second-order valence-corrected chi connectivity index (χ2v) is 5.23. The van der Waals surface area contributed by atoms with Crippen molar-refractivity contribution in [2.45, 2.75) is 38.6 Å². The standard InChI is InChI=1S/C16H21N3/c1-2-5-16-17-10-11-19(16)14-9-8-13-6-3-4-7-15(13)18-12-14/h3-4,6-7,10-11,14,18H,2,5,8-9,12H2,1H3. The highest BCUT2D eigenvalue weighted by Gasteiger charge is 2.18. The first-order valence-corrected chi connectivity index (χ1v) is 7.22. The van der Waals surface area contributed by atoms with E-state index in [-0.39, 0.29) is 0 Å². The van der Waals surface area contributed by atoms with E-state index in [9.17, 15) is 0 Å². The summed E-state index contributed by atoms with van der Waals surface area (Å²) in [5, 5.41) is 3.58. The van der Waals surface area contributed by atoms with Crippen molar-refractivity contribution in [3.8, 4) is 0 Å². The molecule has 0 bridgehead atoms. The van der Waals surface area contributed by atoms with Gasteiger partial charge in [-0.05, 0) is 30.9 Å².